The molecule has 0 radical (unpaired) electrons. The number of aromatic nitrogens is 1. The highest BCUT2D eigenvalue weighted by atomic mass is 35.5. The standard InChI is InChI=1S/C16H15ClN4S/c17-13-3-1-2-4-15(13)21-9-7-20(8-10-21)14-5-6-19-16(22)12(14)11-18/h1-6H,7-10H2,(H,19,22). The van der Waals surface area contributed by atoms with Gasteiger partial charge in [-0.15, -0.1) is 0 Å². The molecule has 2 heterocycles. The van der Waals surface area contributed by atoms with Crippen LogP contribution < -0.4 is 9.80 Å². The summed E-state index contributed by atoms with van der Waals surface area (Å²) in [5.74, 6) is 0. The van der Waals surface area contributed by atoms with Crippen molar-refractivity contribution in [1.82, 2.24) is 4.98 Å². The van der Waals surface area contributed by atoms with E-state index in [1.165, 1.54) is 0 Å². The Morgan fingerprint density at radius 1 is 1.05 bits per heavy atom. The molecular formula is C16H15ClN4S. The van der Waals surface area contributed by atoms with Gasteiger partial charge in [0.05, 0.1) is 16.4 Å². The van der Waals surface area contributed by atoms with Crippen LogP contribution in [0.4, 0.5) is 11.4 Å². The molecule has 1 aliphatic heterocycles. The number of pyridine rings is 1. The van der Waals surface area contributed by atoms with Crippen molar-refractivity contribution in [2.75, 3.05) is 36.0 Å². The smallest absolute Gasteiger partial charge is 0.123 e. The van der Waals surface area contributed by atoms with Crippen molar-refractivity contribution >= 4 is 35.2 Å². The van der Waals surface area contributed by atoms with Crippen LogP contribution >= 0.6 is 23.8 Å². The van der Waals surface area contributed by atoms with Gasteiger partial charge in [-0.3, -0.25) is 0 Å². The first kappa shape index (κ1) is 14.9. The van der Waals surface area contributed by atoms with Gasteiger partial charge in [-0.05, 0) is 18.2 Å². The van der Waals surface area contributed by atoms with Crippen molar-refractivity contribution < 1.29 is 0 Å². The molecule has 1 aromatic heterocycles. The molecule has 1 aliphatic rings. The lowest BCUT2D eigenvalue weighted by Gasteiger charge is -2.37. The largest absolute Gasteiger partial charge is 0.367 e. The summed E-state index contributed by atoms with van der Waals surface area (Å²) in [6, 6.07) is 12.0. The third kappa shape index (κ3) is 2.80. The van der Waals surface area contributed by atoms with Gasteiger partial charge < -0.3 is 14.8 Å². The van der Waals surface area contributed by atoms with E-state index in [2.05, 4.69) is 20.9 Å². The lowest BCUT2D eigenvalue weighted by Crippen LogP contribution is -2.46. The van der Waals surface area contributed by atoms with Crippen LogP contribution in [0, 0.1) is 16.0 Å². The second-order valence-corrected chi connectivity index (χ2v) is 5.92. The van der Waals surface area contributed by atoms with Crippen LogP contribution in [-0.4, -0.2) is 31.2 Å². The molecule has 1 fully saturated rings. The fourth-order valence-electron chi connectivity index (χ4n) is 2.74. The van der Waals surface area contributed by atoms with E-state index in [1.807, 2.05) is 30.3 Å². The van der Waals surface area contributed by atoms with E-state index in [4.69, 9.17) is 23.8 Å². The molecule has 2 aromatic rings. The zero-order chi connectivity index (χ0) is 15.5. The Morgan fingerprint density at radius 3 is 2.32 bits per heavy atom. The van der Waals surface area contributed by atoms with Crippen LogP contribution in [0.3, 0.4) is 0 Å². The number of H-pyrrole nitrogens is 1. The maximum absolute atomic E-state index is 9.31. The first-order chi connectivity index (χ1) is 10.7. The number of piperazine rings is 1. The monoisotopic (exact) mass is 330 g/mol. The maximum Gasteiger partial charge on any atom is 0.123 e. The van der Waals surface area contributed by atoms with E-state index < -0.39 is 0 Å². The van der Waals surface area contributed by atoms with E-state index >= 15 is 0 Å². The van der Waals surface area contributed by atoms with Crippen LogP contribution in [0.15, 0.2) is 36.5 Å². The van der Waals surface area contributed by atoms with Gasteiger partial charge in [0.2, 0.25) is 0 Å². The molecule has 0 aliphatic carbocycles. The molecule has 3 rings (SSSR count). The van der Waals surface area contributed by atoms with Gasteiger partial charge in [-0.1, -0.05) is 36.0 Å². The number of rotatable bonds is 2. The molecule has 0 spiro atoms. The highest BCUT2D eigenvalue weighted by Crippen LogP contribution is 2.28. The van der Waals surface area contributed by atoms with Crippen molar-refractivity contribution in [3.8, 4) is 6.07 Å². The SMILES string of the molecule is N#Cc1c(N2CCN(c3ccccc3Cl)CC2)cc[nH]c1=S. The first-order valence-electron chi connectivity index (χ1n) is 7.07. The summed E-state index contributed by atoms with van der Waals surface area (Å²) in [5, 5.41) is 10.1. The number of nitriles is 1. The Balaban J connectivity index is 1.78. The van der Waals surface area contributed by atoms with Crippen LogP contribution in [0.1, 0.15) is 5.56 Å². The summed E-state index contributed by atoms with van der Waals surface area (Å²) >= 11 is 11.5. The number of halogens is 1. The van der Waals surface area contributed by atoms with E-state index in [9.17, 15) is 5.26 Å². The topological polar surface area (TPSA) is 46.1 Å². The molecule has 1 N–H and O–H groups in total. The minimum Gasteiger partial charge on any atom is -0.367 e. The summed E-state index contributed by atoms with van der Waals surface area (Å²) < 4.78 is 0.494. The second-order valence-electron chi connectivity index (χ2n) is 5.10. The van der Waals surface area contributed by atoms with Gasteiger partial charge in [-0.2, -0.15) is 5.26 Å². The number of aromatic amines is 1. The fraction of sp³-hybridized carbons (Fsp3) is 0.250. The quantitative estimate of drug-likeness (QED) is 0.855. The zero-order valence-corrected chi connectivity index (χ0v) is 13.5. The van der Waals surface area contributed by atoms with E-state index in [0.29, 0.717) is 10.2 Å². The Hall–Kier alpha value is -2.03. The van der Waals surface area contributed by atoms with Gasteiger partial charge in [0.15, 0.2) is 0 Å². The molecule has 6 heteroatoms. The number of anilines is 2. The van der Waals surface area contributed by atoms with Gasteiger partial charge in [0.25, 0.3) is 0 Å². The minimum atomic E-state index is 0.494. The molecule has 0 atom stereocenters. The fourth-order valence-corrected chi connectivity index (χ4v) is 3.21. The van der Waals surface area contributed by atoms with Crippen LogP contribution in [0.2, 0.25) is 5.02 Å². The first-order valence-corrected chi connectivity index (χ1v) is 7.85. The lowest BCUT2D eigenvalue weighted by molar-refractivity contribution is 0.653. The van der Waals surface area contributed by atoms with Crippen molar-refractivity contribution in [2.24, 2.45) is 0 Å². The molecule has 4 nitrogen and oxygen atoms in total. The molecule has 1 saturated heterocycles. The minimum absolute atomic E-state index is 0.494. The Kier molecular flexibility index (Phi) is 4.32. The van der Waals surface area contributed by atoms with Gasteiger partial charge in [0, 0.05) is 32.4 Å². The van der Waals surface area contributed by atoms with Crippen molar-refractivity contribution in [1.29, 1.82) is 5.26 Å². The van der Waals surface area contributed by atoms with Gasteiger partial charge in [0.1, 0.15) is 16.3 Å². The average molecular weight is 331 g/mol. The molecule has 0 amide bonds. The Bertz CT molecular complexity index is 772. The maximum atomic E-state index is 9.31. The third-order valence-electron chi connectivity index (χ3n) is 3.86. The number of para-hydroxylation sites is 1. The Labute approximate surface area is 139 Å². The summed E-state index contributed by atoms with van der Waals surface area (Å²) in [4.78, 5) is 7.39. The number of hydrogen-bond donors (Lipinski definition) is 1. The second kappa shape index (κ2) is 6.39. The predicted octanol–water partition coefficient (Wildman–Crippen LogP) is 3.60. The Morgan fingerprint density at radius 2 is 1.68 bits per heavy atom. The number of nitrogens with zero attached hydrogens (tertiary/aromatic N) is 3. The van der Waals surface area contributed by atoms with Crippen LogP contribution in [0.25, 0.3) is 0 Å². The normalized spacial score (nSPS) is 14.7. The summed E-state index contributed by atoms with van der Waals surface area (Å²) in [7, 11) is 0. The highest BCUT2D eigenvalue weighted by molar-refractivity contribution is 7.71. The molecular weight excluding hydrogens is 316 g/mol. The molecule has 0 bridgehead atoms. The lowest BCUT2D eigenvalue weighted by atomic mass is 10.2. The molecule has 0 unspecified atom stereocenters. The van der Waals surface area contributed by atoms with E-state index in [0.717, 1.165) is 42.6 Å². The van der Waals surface area contributed by atoms with Crippen molar-refractivity contribution in [3.63, 3.8) is 0 Å². The zero-order valence-electron chi connectivity index (χ0n) is 11.9. The third-order valence-corrected chi connectivity index (χ3v) is 4.51. The highest BCUT2D eigenvalue weighted by Gasteiger charge is 2.21. The van der Waals surface area contributed by atoms with Crippen LogP contribution in [0.5, 0.6) is 0 Å². The van der Waals surface area contributed by atoms with Crippen molar-refractivity contribution in [3.05, 3.63) is 51.8 Å². The molecule has 112 valence electrons. The van der Waals surface area contributed by atoms with Crippen molar-refractivity contribution in [2.45, 2.75) is 0 Å². The average Bonchev–Trinajstić information content (AvgIpc) is 2.55. The number of benzene rings is 1. The molecule has 22 heavy (non-hydrogen) atoms. The number of nitrogens with one attached hydrogen (secondary N) is 1. The van der Waals surface area contributed by atoms with Gasteiger partial charge in [-0.25, -0.2) is 0 Å². The molecule has 1 aromatic carbocycles. The number of hydrogen-bond acceptors (Lipinski definition) is 4. The van der Waals surface area contributed by atoms with E-state index in [1.54, 1.807) is 6.20 Å². The predicted molar refractivity (Wildman–Crippen MR) is 92.2 cm³/mol. The summed E-state index contributed by atoms with van der Waals surface area (Å²) in [6.07, 6.45) is 1.79. The summed E-state index contributed by atoms with van der Waals surface area (Å²) in [5.41, 5.74) is 2.52. The van der Waals surface area contributed by atoms with Crippen LogP contribution in [-0.2, 0) is 0 Å². The van der Waals surface area contributed by atoms with Gasteiger partial charge >= 0.3 is 0 Å². The summed E-state index contributed by atoms with van der Waals surface area (Å²) in [6.45, 7) is 3.39. The van der Waals surface area contributed by atoms with E-state index in [-0.39, 0.29) is 0 Å². The molecule has 0 saturated carbocycles.